The number of carbonyl (C=O) groups excluding carboxylic acids is 1. The maximum Gasteiger partial charge on any atom is 0.224 e. The Morgan fingerprint density at radius 3 is 2.93 bits per heavy atom. The zero-order valence-corrected chi connectivity index (χ0v) is 17.4. The number of carbonyl (C=O) groups is 1. The highest BCUT2D eigenvalue weighted by Gasteiger charge is 2.15. The van der Waals surface area contributed by atoms with Crippen molar-refractivity contribution in [3.8, 4) is 5.75 Å². The molecule has 2 heterocycles. The van der Waals surface area contributed by atoms with Crippen molar-refractivity contribution >= 4 is 17.4 Å². The van der Waals surface area contributed by atoms with Gasteiger partial charge in [0.05, 0.1) is 6.61 Å². The fraction of sp³-hybridized carbons (Fsp3) is 0.391. The summed E-state index contributed by atoms with van der Waals surface area (Å²) < 4.78 is 5.79. The fourth-order valence-corrected chi connectivity index (χ4v) is 3.33. The Bertz CT molecular complexity index is 867. The Labute approximate surface area is 177 Å². The standard InChI is InChI=1S/C23H30N4O3/c1-17(16-28)27(12-10-18-4-8-22(24)25-15-18)11-2-3-13-30-20-7-5-19-6-9-23(29)26-21(19)14-20/h2-5,7-8,14-15,17,28H,6,9-13,16H2,1H3,(H2,24,25)(H,26,29)/b3-2+/t17-/m0/s1. The maximum atomic E-state index is 11.5. The van der Waals surface area contributed by atoms with Crippen LogP contribution in [0.5, 0.6) is 5.75 Å². The van der Waals surface area contributed by atoms with Gasteiger partial charge in [-0.25, -0.2) is 4.98 Å². The highest BCUT2D eigenvalue weighted by molar-refractivity contribution is 5.94. The number of nitrogen functional groups attached to an aromatic ring is 1. The summed E-state index contributed by atoms with van der Waals surface area (Å²) >= 11 is 0. The van der Waals surface area contributed by atoms with E-state index in [9.17, 15) is 9.90 Å². The van der Waals surface area contributed by atoms with Crippen LogP contribution in [0.2, 0.25) is 0 Å². The van der Waals surface area contributed by atoms with Crippen LogP contribution < -0.4 is 15.8 Å². The number of nitrogens with zero attached hydrogens (tertiary/aromatic N) is 2. The van der Waals surface area contributed by atoms with Crippen molar-refractivity contribution in [1.29, 1.82) is 0 Å². The lowest BCUT2D eigenvalue weighted by Crippen LogP contribution is -2.37. The average Bonchev–Trinajstić information content (AvgIpc) is 2.76. The van der Waals surface area contributed by atoms with Gasteiger partial charge < -0.3 is 20.9 Å². The summed E-state index contributed by atoms with van der Waals surface area (Å²) in [7, 11) is 0. The molecule has 0 saturated heterocycles. The van der Waals surface area contributed by atoms with Gasteiger partial charge in [0, 0.05) is 43.5 Å². The molecular formula is C23H30N4O3. The van der Waals surface area contributed by atoms with Gasteiger partial charge >= 0.3 is 0 Å². The van der Waals surface area contributed by atoms with Gasteiger partial charge in [0.2, 0.25) is 5.91 Å². The SMILES string of the molecule is C[C@@H](CO)N(C/C=C/COc1ccc2c(c1)NC(=O)CC2)CCc1ccc(N)nc1. The summed E-state index contributed by atoms with van der Waals surface area (Å²) in [6, 6.07) is 9.66. The first kappa shape index (κ1) is 21.8. The Morgan fingerprint density at radius 1 is 1.30 bits per heavy atom. The number of aryl methyl sites for hydroxylation is 1. The van der Waals surface area contributed by atoms with Gasteiger partial charge in [0.1, 0.15) is 18.2 Å². The minimum atomic E-state index is 0.0485. The highest BCUT2D eigenvalue weighted by atomic mass is 16.5. The van der Waals surface area contributed by atoms with Crippen molar-refractivity contribution in [2.75, 3.05) is 37.4 Å². The molecular weight excluding hydrogens is 380 g/mol. The number of nitrogens with one attached hydrogen (secondary N) is 1. The summed E-state index contributed by atoms with van der Waals surface area (Å²) in [5.41, 5.74) is 8.73. The molecule has 0 bridgehead atoms. The zero-order chi connectivity index (χ0) is 21.3. The number of aromatic nitrogens is 1. The molecule has 1 atom stereocenters. The third-order valence-corrected chi connectivity index (χ3v) is 5.25. The van der Waals surface area contributed by atoms with Gasteiger partial charge in [-0.3, -0.25) is 9.69 Å². The number of anilines is 2. The van der Waals surface area contributed by atoms with Crippen molar-refractivity contribution in [2.24, 2.45) is 0 Å². The Hall–Kier alpha value is -2.90. The number of amides is 1. The number of fused-ring (bicyclic) bond motifs is 1. The molecule has 1 aliphatic heterocycles. The van der Waals surface area contributed by atoms with Crippen LogP contribution in [0.25, 0.3) is 0 Å². The first-order valence-electron chi connectivity index (χ1n) is 10.3. The molecule has 0 radical (unpaired) electrons. The van der Waals surface area contributed by atoms with E-state index in [0.717, 1.165) is 42.0 Å². The van der Waals surface area contributed by atoms with Gasteiger partial charge in [-0.05, 0) is 43.0 Å². The second-order valence-electron chi connectivity index (χ2n) is 7.52. The Kier molecular flexibility index (Phi) is 7.82. The fourth-order valence-electron chi connectivity index (χ4n) is 3.33. The van der Waals surface area contributed by atoms with E-state index in [0.29, 0.717) is 25.4 Å². The second-order valence-corrected chi connectivity index (χ2v) is 7.52. The number of aliphatic hydroxyl groups excluding tert-OH is 1. The van der Waals surface area contributed by atoms with E-state index in [4.69, 9.17) is 10.5 Å². The number of hydrogen-bond acceptors (Lipinski definition) is 6. The third-order valence-electron chi connectivity index (χ3n) is 5.25. The quantitative estimate of drug-likeness (QED) is 0.520. The van der Waals surface area contributed by atoms with Crippen LogP contribution in [0.1, 0.15) is 24.5 Å². The molecule has 7 nitrogen and oxygen atoms in total. The predicted octanol–water partition coefficient (Wildman–Crippen LogP) is 2.41. The van der Waals surface area contributed by atoms with Crippen molar-refractivity contribution in [1.82, 2.24) is 9.88 Å². The summed E-state index contributed by atoms with van der Waals surface area (Å²) in [6.45, 7) is 4.07. The van der Waals surface area contributed by atoms with Crippen molar-refractivity contribution in [2.45, 2.75) is 32.2 Å². The topological polar surface area (TPSA) is 101 Å². The first-order chi connectivity index (χ1) is 14.5. The van der Waals surface area contributed by atoms with E-state index in [1.165, 1.54) is 0 Å². The van der Waals surface area contributed by atoms with E-state index in [2.05, 4.69) is 15.2 Å². The Morgan fingerprint density at radius 2 is 2.17 bits per heavy atom. The van der Waals surface area contributed by atoms with Crippen LogP contribution >= 0.6 is 0 Å². The number of pyridine rings is 1. The number of benzene rings is 1. The molecule has 0 unspecified atom stereocenters. The number of hydrogen-bond donors (Lipinski definition) is 3. The predicted molar refractivity (Wildman–Crippen MR) is 119 cm³/mol. The largest absolute Gasteiger partial charge is 0.489 e. The molecule has 1 aromatic carbocycles. The van der Waals surface area contributed by atoms with Gasteiger partial charge in [-0.2, -0.15) is 0 Å². The average molecular weight is 411 g/mol. The molecule has 1 aromatic heterocycles. The Balaban J connectivity index is 1.47. The molecule has 0 saturated carbocycles. The van der Waals surface area contributed by atoms with Crippen LogP contribution in [0.4, 0.5) is 11.5 Å². The van der Waals surface area contributed by atoms with Crippen LogP contribution in [0, 0.1) is 0 Å². The van der Waals surface area contributed by atoms with E-state index in [-0.39, 0.29) is 18.6 Å². The second kappa shape index (κ2) is 10.8. The molecule has 160 valence electrons. The number of aliphatic hydroxyl groups is 1. The lowest BCUT2D eigenvalue weighted by Gasteiger charge is -2.26. The molecule has 4 N–H and O–H groups in total. The van der Waals surface area contributed by atoms with Crippen LogP contribution in [0.3, 0.4) is 0 Å². The molecule has 3 rings (SSSR count). The monoisotopic (exact) mass is 410 g/mol. The van der Waals surface area contributed by atoms with E-state index < -0.39 is 0 Å². The van der Waals surface area contributed by atoms with Gasteiger partial charge in [0.25, 0.3) is 0 Å². The van der Waals surface area contributed by atoms with Crippen molar-refractivity contribution < 1.29 is 14.6 Å². The van der Waals surface area contributed by atoms with Crippen LogP contribution in [-0.4, -0.2) is 53.2 Å². The number of nitrogens with two attached hydrogens (primary N) is 1. The molecule has 1 aliphatic rings. The van der Waals surface area contributed by atoms with Crippen LogP contribution in [-0.2, 0) is 17.6 Å². The highest BCUT2D eigenvalue weighted by Crippen LogP contribution is 2.27. The first-order valence-corrected chi connectivity index (χ1v) is 10.3. The van der Waals surface area contributed by atoms with Gasteiger partial charge in [-0.1, -0.05) is 24.3 Å². The minimum absolute atomic E-state index is 0.0485. The molecule has 0 fully saturated rings. The summed E-state index contributed by atoms with van der Waals surface area (Å²) in [4.78, 5) is 17.9. The number of rotatable bonds is 10. The number of ether oxygens (including phenoxy) is 1. The normalized spacial score (nSPS) is 14.6. The molecule has 7 heteroatoms. The van der Waals surface area contributed by atoms with E-state index >= 15 is 0 Å². The van der Waals surface area contributed by atoms with Gasteiger partial charge in [-0.15, -0.1) is 0 Å². The maximum absolute atomic E-state index is 11.5. The van der Waals surface area contributed by atoms with E-state index in [1.54, 1.807) is 12.3 Å². The van der Waals surface area contributed by atoms with Crippen molar-refractivity contribution in [3.05, 3.63) is 59.8 Å². The molecule has 30 heavy (non-hydrogen) atoms. The zero-order valence-electron chi connectivity index (χ0n) is 17.4. The molecule has 2 aromatic rings. The molecule has 0 aliphatic carbocycles. The summed E-state index contributed by atoms with van der Waals surface area (Å²) in [5, 5.41) is 12.4. The van der Waals surface area contributed by atoms with Crippen molar-refractivity contribution in [3.63, 3.8) is 0 Å². The lowest BCUT2D eigenvalue weighted by molar-refractivity contribution is -0.116. The minimum Gasteiger partial charge on any atom is -0.489 e. The summed E-state index contributed by atoms with van der Waals surface area (Å²) in [6.07, 6.45) is 7.96. The lowest BCUT2D eigenvalue weighted by atomic mass is 10.0. The van der Waals surface area contributed by atoms with Gasteiger partial charge in [0.15, 0.2) is 0 Å². The smallest absolute Gasteiger partial charge is 0.224 e. The van der Waals surface area contributed by atoms with Crippen LogP contribution in [0.15, 0.2) is 48.7 Å². The van der Waals surface area contributed by atoms with E-state index in [1.807, 2.05) is 43.3 Å². The third kappa shape index (κ3) is 6.30. The molecule has 1 amide bonds. The summed E-state index contributed by atoms with van der Waals surface area (Å²) in [5.74, 6) is 1.30. The molecule has 0 spiro atoms.